The fourth-order valence-corrected chi connectivity index (χ4v) is 5.49. The van der Waals surface area contributed by atoms with Gasteiger partial charge >= 0.3 is 5.97 Å². The summed E-state index contributed by atoms with van der Waals surface area (Å²) in [6, 6.07) is 8.24. The first-order chi connectivity index (χ1) is 17.3. The van der Waals surface area contributed by atoms with Gasteiger partial charge < -0.3 is 24.8 Å². The molecule has 8 nitrogen and oxygen atoms in total. The third-order valence-electron chi connectivity index (χ3n) is 6.54. The number of thiazole rings is 1. The van der Waals surface area contributed by atoms with Crippen molar-refractivity contribution in [2.45, 2.75) is 26.9 Å². The summed E-state index contributed by atoms with van der Waals surface area (Å²) in [6.45, 7) is 9.77. The predicted octanol–water partition coefficient (Wildman–Crippen LogP) is 5.02. The third kappa shape index (κ3) is 4.68. The van der Waals surface area contributed by atoms with Crippen molar-refractivity contribution in [2.24, 2.45) is 0 Å². The highest BCUT2D eigenvalue weighted by Gasteiger charge is 2.23. The molecule has 5 rings (SSSR count). The van der Waals surface area contributed by atoms with Crippen molar-refractivity contribution >= 4 is 39.2 Å². The Bertz CT molecular complexity index is 1400. The fourth-order valence-electron chi connectivity index (χ4n) is 4.52. The zero-order chi connectivity index (χ0) is 25.4. The van der Waals surface area contributed by atoms with Crippen LogP contribution in [-0.2, 0) is 4.74 Å². The van der Waals surface area contributed by atoms with Crippen molar-refractivity contribution in [1.82, 2.24) is 19.9 Å². The molecule has 0 saturated carbocycles. The molecule has 0 atom stereocenters. The lowest BCUT2D eigenvalue weighted by Crippen LogP contribution is -2.44. The van der Waals surface area contributed by atoms with Crippen LogP contribution in [-0.4, -0.2) is 72.2 Å². The van der Waals surface area contributed by atoms with Crippen LogP contribution in [0.25, 0.3) is 32.7 Å². The Kier molecular flexibility index (Phi) is 6.68. The van der Waals surface area contributed by atoms with Gasteiger partial charge in [0.25, 0.3) is 0 Å². The third-order valence-corrected chi connectivity index (χ3v) is 7.61. The lowest BCUT2D eigenvalue weighted by atomic mass is 9.99. The lowest BCUT2D eigenvalue weighted by molar-refractivity contribution is 0.0377. The summed E-state index contributed by atoms with van der Waals surface area (Å²) in [5.41, 5.74) is 6.37. The molecule has 1 fully saturated rings. The van der Waals surface area contributed by atoms with E-state index in [4.69, 9.17) is 9.72 Å². The van der Waals surface area contributed by atoms with Gasteiger partial charge in [0.15, 0.2) is 5.13 Å². The number of piperazine rings is 1. The van der Waals surface area contributed by atoms with Gasteiger partial charge in [-0.1, -0.05) is 23.5 Å². The van der Waals surface area contributed by atoms with E-state index >= 15 is 0 Å². The molecule has 4 heterocycles. The van der Waals surface area contributed by atoms with E-state index in [0.29, 0.717) is 5.56 Å². The van der Waals surface area contributed by atoms with E-state index in [1.165, 1.54) is 0 Å². The second-order valence-electron chi connectivity index (χ2n) is 9.53. The van der Waals surface area contributed by atoms with Gasteiger partial charge in [-0.25, -0.2) is 14.8 Å². The molecule has 0 aliphatic carbocycles. The summed E-state index contributed by atoms with van der Waals surface area (Å²) < 4.78 is 5.44. The minimum Gasteiger partial charge on any atom is -0.459 e. The largest absolute Gasteiger partial charge is 0.459 e. The molecule has 1 aliphatic rings. The van der Waals surface area contributed by atoms with Gasteiger partial charge in [-0.2, -0.15) is 0 Å². The number of aromatic nitrogens is 3. The van der Waals surface area contributed by atoms with Gasteiger partial charge in [-0.15, -0.1) is 0 Å². The van der Waals surface area contributed by atoms with Crippen LogP contribution in [0.15, 0.2) is 36.7 Å². The van der Waals surface area contributed by atoms with Crippen LogP contribution in [0.2, 0.25) is 0 Å². The van der Waals surface area contributed by atoms with Crippen molar-refractivity contribution in [2.75, 3.05) is 50.5 Å². The number of esters is 1. The highest BCUT2D eigenvalue weighted by atomic mass is 32.1. The normalized spacial score (nSPS) is 14.6. The molecule has 1 saturated heterocycles. The zero-order valence-electron chi connectivity index (χ0n) is 21.4. The molecule has 188 valence electrons. The van der Waals surface area contributed by atoms with Crippen molar-refractivity contribution in [3.63, 3.8) is 0 Å². The number of pyridine rings is 1. The number of anilines is 2. The maximum Gasteiger partial charge on any atom is 0.339 e. The molecular formula is C27H32N6O2S. The SMILES string of the molecule is CNc1cc(-c2c(-c3cnc(N4CCN(C)CC4)s3)[nH]c3ncc(C(=O)OC(C)C)cc23)ccc1C. The van der Waals surface area contributed by atoms with Gasteiger partial charge in [0.1, 0.15) is 5.65 Å². The summed E-state index contributed by atoms with van der Waals surface area (Å²) in [5, 5.41) is 5.19. The number of ether oxygens (including phenoxy) is 1. The van der Waals surface area contributed by atoms with Crippen LogP contribution in [0.3, 0.4) is 0 Å². The number of carbonyl (C=O) groups excluding carboxylic acids is 1. The highest BCUT2D eigenvalue weighted by Crippen LogP contribution is 2.42. The Morgan fingerprint density at radius 1 is 1.14 bits per heavy atom. The first-order valence-electron chi connectivity index (χ1n) is 12.2. The summed E-state index contributed by atoms with van der Waals surface area (Å²) in [5.74, 6) is -0.372. The van der Waals surface area contributed by atoms with E-state index in [9.17, 15) is 4.79 Å². The quantitative estimate of drug-likeness (QED) is 0.357. The number of likely N-dealkylation sites (N-methyl/N-ethyl adjacent to an activating group) is 1. The Morgan fingerprint density at radius 3 is 2.64 bits per heavy atom. The number of hydrogen-bond acceptors (Lipinski definition) is 8. The molecule has 0 bridgehead atoms. The smallest absolute Gasteiger partial charge is 0.339 e. The van der Waals surface area contributed by atoms with Gasteiger partial charge in [0.2, 0.25) is 0 Å². The number of aryl methyl sites for hydroxylation is 1. The Balaban J connectivity index is 1.64. The molecule has 2 N–H and O–H groups in total. The number of rotatable bonds is 6. The van der Waals surface area contributed by atoms with E-state index in [0.717, 1.165) is 75.3 Å². The summed E-state index contributed by atoms with van der Waals surface area (Å²) in [4.78, 5) is 31.3. The minimum absolute atomic E-state index is 0.199. The van der Waals surface area contributed by atoms with Crippen molar-refractivity contribution < 1.29 is 9.53 Å². The summed E-state index contributed by atoms with van der Waals surface area (Å²) >= 11 is 1.68. The second kappa shape index (κ2) is 9.91. The average Bonchev–Trinajstić information content (AvgIpc) is 3.49. The number of carbonyl (C=O) groups is 1. The summed E-state index contributed by atoms with van der Waals surface area (Å²) in [7, 11) is 4.08. The number of nitrogens with one attached hydrogen (secondary N) is 2. The molecule has 4 aromatic rings. The zero-order valence-corrected chi connectivity index (χ0v) is 22.2. The maximum atomic E-state index is 12.7. The van der Waals surface area contributed by atoms with Crippen LogP contribution in [0.5, 0.6) is 0 Å². The average molecular weight is 505 g/mol. The van der Waals surface area contributed by atoms with Crippen molar-refractivity contribution in [3.05, 3.63) is 47.8 Å². The van der Waals surface area contributed by atoms with Gasteiger partial charge in [-0.3, -0.25) is 0 Å². The number of benzene rings is 1. The topological polar surface area (TPSA) is 86.4 Å². The van der Waals surface area contributed by atoms with E-state index in [1.807, 2.05) is 33.2 Å². The molecule has 0 unspecified atom stereocenters. The van der Waals surface area contributed by atoms with Crippen molar-refractivity contribution in [1.29, 1.82) is 0 Å². The Labute approximate surface area is 215 Å². The first-order valence-corrected chi connectivity index (χ1v) is 13.1. The monoisotopic (exact) mass is 504 g/mol. The van der Waals surface area contributed by atoms with Crippen LogP contribution in [0, 0.1) is 6.92 Å². The molecule has 3 aromatic heterocycles. The van der Waals surface area contributed by atoms with E-state index in [1.54, 1.807) is 17.5 Å². The van der Waals surface area contributed by atoms with Crippen LogP contribution in [0.1, 0.15) is 29.8 Å². The molecule has 9 heteroatoms. The maximum absolute atomic E-state index is 12.7. The number of aromatic amines is 1. The fraction of sp³-hybridized carbons (Fsp3) is 0.370. The predicted molar refractivity (Wildman–Crippen MR) is 147 cm³/mol. The molecule has 36 heavy (non-hydrogen) atoms. The molecule has 0 amide bonds. The Morgan fingerprint density at radius 2 is 1.92 bits per heavy atom. The Hall–Kier alpha value is -3.43. The van der Waals surface area contributed by atoms with Crippen molar-refractivity contribution in [3.8, 4) is 21.7 Å². The standard InChI is InChI=1S/C27H32N6O2S/c1-16(2)35-26(34)19-12-20-23(18-7-6-17(3)21(13-18)28-4)24(31-25(20)29-14-19)22-15-30-27(36-22)33-10-8-32(5)9-11-33/h6-7,12-16,28H,8-11H2,1-5H3,(H,29,31). The minimum atomic E-state index is -0.372. The molecular weight excluding hydrogens is 472 g/mol. The number of fused-ring (bicyclic) bond motifs is 1. The number of nitrogens with zero attached hydrogens (tertiary/aromatic N) is 4. The van der Waals surface area contributed by atoms with Crippen LogP contribution in [0.4, 0.5) is 10.8 Å². The first kappa shape index (κ1) is 24.3. The number of hydrogen-bond donors (Lipinski definition) is 2. The molecule has 0 radical (unpaired) electrons. The van der Waals surface area contributed by atoms with E-state index in [2.05, 4.69) is 57.3 Å². The van der Waals surface area contributed by atoms with Gasteiger partial charge in [-0.05, 0) is 51.1 Å². The summed E-state index contributed by atoms with van der Waals surface area (Å²) in [6.07, 6.45) is 3.32. The van der Waals surface area contributed by atoms with Gasteiger partial charge in [0, 0.05) is 62.3 Å². The highest BCUT2D eigenvalue weighted by molar-refractivity contribution is 7.19. The molecule has 1 aromatic carbocycles. The molecule has 1 aliphatic heterocycles. The second-order valence-corrected chi connectivity index (χ2v) is 10.5. The lowest BCUT2D eigenvalue weighted by Gasteiger charge is -2.32. The van der Waals surface area contributed by atoms with Crippen LogP contribution >= 0.6 is 11.3 Å². The van der Waals surface area contributed by atoms with E-state index in [-0.39, 0.29) is 12.1 Å². The van der Waals surface area contributed by atoms with E-state index < -0.39 is 0 Å². The molecule has 0 spiro atoms. The number of H-pyrrole nitrogens is 1. The van der Waals surface area contributed by atoms with Gasteiger partial charge in [0.05, 0.1) is 22.2 Å². The van der Waals surface area contributed by atoms with Crippen LogP contribution < -0.4 is 10.2 Å².